The fraction of sp³-hybridized carbons (Fsp3) is 0. The Morgan fingerprint density at radius 2 is 2.27 bits per heavy atom. The van der Waals surface area contributed by atoms with Crippen LogP contribution in [0.5, 0.6) is 0 Å². The van der Waals surface area contributed by atoms with E-state index in [1.165, 1.54) is 11.9 Å². The van der Waals surface area contributed by atoms with Gasteiger partial charge in [-0.2, -0.15) is 0 Å². The second-order valence-electron chi connectivity index (χ2n) is 2.18. The molecule has 0 fully saturated rings. The summed E-state index contributed by atoms with van der Waals surface area (Å²) < 4.78 is 11.3. The number of allylic oxidation sites excluding steroid dienone is 1. The molecule has 1 aliphatic heterocycles. The summed E-state index contributed by atoms with van der Waals surface area (Å²) in [6, 6.07) is 7.99. The Hall–Kier alpha value is -1.02. The molecule has 1 aliphatic rings. The van der Waals surface area contributed by atoms with E-state index in [0.717, 1.165) is 10.5 Å². The first kappa shape index (κ1) is 5.61. The molecular weight excluding hydrogens is 154 g/mol. The average Bonchev–Trinajstić information content (AvgIpc) is 2.29. The van der Waals surface area contributed by atoms with E-state index in [9.17, 15) is 0 Å². The largest absolute Gasteiger partial charge is 0.219 e. The highest BCUT2D eigenvalue weighted by Crippen LogP contribution is 2.25. The van der Waals surface area contributed by atoms with Gasteiger partial charge in [0, 0.05) is 23.0 Å². The zero-order valence-electron chi connectivity index (χ0n) is 6.82. The van der Waals surface area contributed by atoms with Crippen molar-refractivity contribution in [1.29, 1.82) is 0 Å². The maximum Gasteiger partial charge on any atom is 0.0847 e. The van der Waals surface area contributed by atoms with Crippen molar-refractivity contribution in [1.82, 2.24) is 0 Å². The van der Waals surface area contributed by atoms with Crippen molar-refractivity contribution in [2.45, 2.75) is 4.90 Å². The van der Waals surface area contributed by atoms with Crippen LogP contribution in [-0.4, -0.2) is 6.19 Å². The van der Waals surface area contributed by atoms with Crippen molar-refractivity contribution >= 4 is 24.2 Å². The molecule has 0 aliphatic carbocycles. The van der Waals surface area contributed by atoms with E-state index in [2.05, 4.69) is 4.40 Å². The second kappa shape index (κ2) is 2.93. The van der Waals surface area contributed by atoms with Crippen LogP contribution in [0.25, 0.3) is 6.08 Å². The van der Waals surface area contributed by atoms with Gasteiger partial charge in [0.05, 0.1) is 1.37 Å². The molecule has 0 saturated carbocycles. The Labute approximate surface area is 71.4 Å². The summed E-state index contributed by atoms with van der Waals surface area (Å²) in [5.74, 6) is 0. The monoisotopic (exact) mass is 162 g/mol. The zero-order valence-corrected chi connectivity index (χ0v) is 6.64. The summed E-state index contributed by atoms with van der Waals surface area (Å²) in [6.45, 7) is 0. The van der Waals surface area contributed by atoms with Gasteiger partial charge in [-0.05, 0) is 17.7 Å². The predicted molar refractivity (Wildman–Crippen MR) is 49.8 cm³/mol. The second-order valence-corrected chi connectivity index (χ2v) is 2.99. The van der Waals surface area contributed by atoms with Crippen LogP contribution in [0.4, 0.5) is 0 Å². The first-order valence-corrected chi connectivity index (χ1v) is 4.12. The SMILES string of the molecule is [2H]C1=NSc2ccccc2C=C1. The van der Waals surface area contributed by atoms with Gasteiger partial charge in [0.15, 0.2) is 0 Å². The highest BCUT2D eigenvalue weighted by molar-refractivity contribution is 7.98. The van der Waals surface area contributed by atoms with Gasteiger partial charge in [0.2, 0.25) is 0 Å². The van der Waals surface area contributed by atoms with E-state index in [1.807, 2.05) is 30.3 Å². The smallest absolute Gasteiger partial charge is 0.0847 e. The molecule has 1 aromatic carbocycles. The van der Waals surface area contributed by atoms with Gasteiger partial charge >= 0.3 is 0 Å². The van der Waals surface area contributed by atoms with Crippen molar-refractivity contribution < 1.29 is 1.37 Å². The fourth-order valence-corrected chi connectivity index (χ4v) is 1.53. The summed E-state index contributed by atoms with van der Waals surface area (Å²) in [5.41, 5.74) is 1.13. The molecule has 0 saturated heterocycles. The Kier molecular flexibility index (Phi) is 1.49. The fourth-order valence-electron chi connectivity index (χ4n) is 0.934. The minimum Gasteiger partial charge on any atom is -0.219 e. The third kappa shape index (κ3) is 1.35. The number of hydrogen-bond acceptors (Lipinski definition) is 2. The van der Waals surface area contributed by atoms with Gasteiger partial charge in [-0.15, -0.1) is 0 Å². The standard InChI is InChI=1S/C9H7NS/c1-2-6-9-8(4-1)5-3-7-10-11-9/h1-7H/i7D. The molecule has 0 atom stereocenters. The van der Waals surface area contributed by atoms with Crippen LogP contribution >= 0.6 is 11.9 Å². The number of benzene rings is 1. The summed E-state index contributed by atoms with van der Waals surface area (Å²) in [4.78, 5) is 1.11. The molecule has 2 rings (SSSR count). The topological polar surface area (TPSA) is 12.4 Å². The van der Waals surface area contributed by atoms with Gasteiger partial charge in [-0.3, -0.25) is 0 Å². The van der Waals surface area contributed by atoms with Crippen LogP contribution in [0.3, 0.4) is 0 Å². The molecule has 54 valence electrons. The molecule has 0 radical (unpaired) electrons. The molecular formula is C9H7NS. The van der Waals surface area contributed by atoms with Gasteiger partial charge in [0.25, 0.3) is 0 Å². The number of hydrogen-bond donors (Lipinski definition) is 0. The molecule has 0 bridgehead atoms. The molecule has 1 aromatic rings. The van der Waals surface area contributed by atoms with Crippen LogP contribution in [-0.2, 0) is 0 Å². The van der Waals surface area contributed by atoms with E-state index in [-0.39, 0.29) is 0 Å². The molecule has 1 nitrogen and oxygen atoms in total. The lowest BCUT2D eigenvalue weighted by Crippen LogP contribution is -1.73. The quantitative estimate of drug-likeness (QED) is 0.534. The molecule has 1 heterocycles. The van der Waals surface area contributed by atoms with Crippen molar-refractivity contribution in [2.75, 3.05) is 0 Å². The predicted octanol–water partition coefficient (Wildman–Crippen LogP) is 2.79. The van der Waals surface area contributed by atoms with Crippen molar-refractivity contribution in [2.24, 2.45) is 4.40 Å². The molecule has 0 amide bonds. The Morgan fingerprint density at radius 3 is 3.27 bits per heavy atom. The zero-order chi connectivity index (χ0) is 8.39. The maximum absolute atomic E-state index is 7.33. The van der Waals surface area contributed by atoms with Crippen LogP contribution < -0.4 is 0 Å². The van der Waals surface area contributed by atoms with E-state index < -0.39 is 0 Å². The molecule has 0 unspecified atom stereocenters. The number of rotatable bonds is 0. The van der Waals surface area contributed by atoms with E-state index in [4.69, 9.17) is 1.37 Å². The number of nitrogens with zero attached hydrogens (tertiary/aromatic N) is 1. The Bertz CT molecular complexity index is 357. The van der Waals surface area contributed by atoms with Gasteiger partial charge < -0.3 is 0 Å². The summed E-state index contributed by atoms with van der Waals surface area (Å²) >= 11 is 1.36. The Balaban J connectivity index is 2.48. The third-order valence-electron chi connectivity index (χ3n) is 1.45. The van der Waals surface area contributed by atoms with Crippen LogP contribution in [0.15, 0.2) is 39.6 Å². The molecule has 2 heteroatoms. The summed E-state index contributed by atoms with van der Waals surface area (Å²) in [7, 11) is 0. The lowest BCUT2D eigenvalue weighted by atomic mass is 10.2. The Morgan fingerprint density at radius 1 is 1.36 bits per heavy atom. The van der Waals surface area contributed by atoms with E-state index in [1.54, 1.807) is 6.08 Å². The van der Waals surface area contributed by atoms with Crippen molar-refractivity contribution in [3.8, 4) is 0 Å². The minimum absolute atomic E-state index is 0.316. The summed E-state index contributed by atoms with van der Waals surface area (Å²) in [6.07, 6.45) is 3.94. The average molecular weight is 162 g/mol. The lowest BCUT2D eigenvalue weighted by molar-refractivity contribution is 1.43. The van der Waals surface area contributed by atoms with Crippen LogP contribution in [0, 0.1) is 0 Å². The van der Waals surface area contributed by atoms with Crippen LogP contribution in [0.2, 0.25) is 0 Å². The first-order valence-electron chi connectivity index (χ1n) is 3.85. The van der Waals surface area contributed by atoms with Gasteiger partial charge in [0.1, 0.15) is 0 Å². The molecule has 0 spiro atoms. The van der Waals surface area contributed by atoms with Crippen LogP contribution in [0.1, 0.15) is 6.93 Å². The summed E-state index contributed by atoms with van der Waals surface area (Å²) in [5, 5.41) is 0. The highest BCUT2D eigenvalue weighted by Gasteiger charge is 1.98. The normalized spacial score (nSPS) is 16.4. The highest BCUT2D eigenvalue weighted by atomic mass is 32.2. The minimum atomic E-state index is 0.316. The molecule has 0 aromatic heterocycles. The molecule has 0 N–H and O–H groups in total. The van der Waals surface area contributed by atoms with E-state index >= 15 is 0 Å². The first-order chi connectivity index (χ1) is 5.86. The van der Waals surface area contributed by atoms with Crippen molar-refractivity contribution in [3.05, 3.63) is 35.9 Å². The third-order valence-corrected chi connectivity index (χ3v) is 2.22. The van der Waals surface area contributed by atoms with Crippen molar-refractivity contribution in [3.63, 3.8) is 0 Å². The van der Waals surface area contributed by atoms with E-state index in [0.29, 0.717) is 6.19 Å². The number of fused-ring (bicyclic) bond motifs is 1. The lowest BCUT2D eigenvalue weighted by Gasteiger charge is -1.97. The maximum atomic E-state index is 7.33. The van der Waals surface area contributed by atoms with Gasteiger partial charge in [-0.25, -0.2) is 4.40 Å². The van der Waals surface area contributed by atoms with Gasteiger partial charge in [-0.1, -0.05) is 24.3 Å². The molecule has 11 heavy (non-hydrogen) atoms.